The summed E-state index contributed by atoms with van der Waals surface area (Å²) in [5, 5.41) is 9.81. The number of nitrogens with zero attached hydrogens (tertiary/aromatic N) is 1. The molecule has 1 unspecified atom stereocenters. The molecule has 1 fully saturated rings. The average Bonchev–Trinajstić information content (AvgIpc) is 2.71. The highest BCUT2D eigenvalue weighted by Crippen LogP contribution is 2.23. The van der Waals surface area contributed by atoms with Crippen LogP contribution in [0.15, 0.2) is 24.3 Å². The summed E-state index contributed by atoms with van der Waals surface area (Å²) in [6.45, 7) is 1.73. The number of benzene rings is 1. The van der Waals surface area contributed by atoms with E-state index < -0.39 is 6.09 Å². The number of alkyl halides is 1. The molecule has 1 aliphatic rings. The topological polar surface area (TPSA) is 59.0 Å². The molecule has 1 aromatic rings. The third kappa shape index (κ3) is 5.12. The zero-order chi connectivity index (χ0) is 15.1. The van der Waals surface area contributed by atoms with Crippen molar-refractivity contribution in [2.75, 3.05) is 25.0 Å². The van der Waals surface area contributed by atoms with Gasteiger partial charge in [0.15, 0.2) is 0 Å². The van der Waals surface area contributed by atoms with Gasteiger partial charge in [-0.2, -0.15) is 0 Å². The predicted octanol–water partition coefficient (Wildman–Crippen LogP) is 3.37. The molecule has 0 aliphatic carbocycles. The molecular formula is C15H20BrNO4. The summed E-state index contributed by atoms with van der Waals surface area (Å²) in [6.07, 6.45) is 1.63. The molecule has 1 N–H and O–H groups in total. The molecule has 1 heterocycles. The lowest BCUT2D eigenvalue weighted by molar-refractivity contribution is 0.142. The second-order valence-electron chi connectivity index (χ2n) is 4.95. The molecule has 2 rings (SSSR count). The van der Waals surface area contributed by atoms with Crippen molar-refractivity contribution in [1.29, 1.82) is 0 Å². The Morgan fingerprint density at radius 3 is 2.90 bits per heavy atom. The number of hydrogen-bond donors (Lipinski definition) is 1. The van der Waals surface area contributed by atoms with Crippen LogP contribution >= 0.6 is 15.9 Å². The third-order valence-electron chi connectivity index (χ3n) is 3.40. The Morgan fingerprint density at radius 2 is 2.14 bits per heavy atom. The maximum Gasteiger partial charge on any atom is 0.407 e. The second kappa shape index (κ2) is 8.12. The molecule has 116 valence electrons. The van der Waals surface area contributed by atoms with Gasteiger partial charge < -0.3 is 19.5 Å². The zero-order valence-electron chi connectivity index (χ0n) is 11.8. The van der Waals surface area contributed by atoms with Gasteiger partial charge in [-0.1, -0.05) is 22.0 Å². The Kier molecular flexibility index (Phi) is 6.17. The lowest BCUT2D eigenvalue weighted by Crippen LogP contribution is -2.30. The minimum Gasteiger partial charge on any atom is -0.493 e. The molecule has 6 heteroatoms. The van der Waals surface area contributed by atoms with Gasteiger partial charge >= 0.3 is 6.09 Å². The number of carbonyl (C=O) groups is 1. The molecule has 0 saturated carbocycles. The number of ether oxygens (including phenoxy) is 2. The number of amides is 1. The Bertz CT molecular complexity index is 469. The van der Waals surface area contributed by atoms with Gasteiger partial charge in [-0.25, -0.2) is 4.79 Å². The summed E-state index contributed by atoms with van der Waals surface area (Å²) < 4.78 is 11.5. The minimum atomic E-state index is -0.846. The van der Waals surface area contributed by atoms with Crippen molar-refractivity contribution < 1.29 is 19.4 Å². The van der Waals surface area contributed by atoms with Crippen LogP contribution in [0.3, 0.4) is 0 Å². The van der Waals surface area contributed by atoms with Crippen molar-refractivity contribution in [2.45, 2.75) is 25.4 Å². The summed E-state index contributed by atoms with van der Waals surface area (Å²) in [5.74, 6) is 1.56. The average molecular weight is 358 g/mol. The first-order chi connectivity index (χ1) is 10.2. The summed E-state index contributed by atoms with van der Waals surface area (Å²) in [5.41, 5.74) is 0. The van der Waals surface area contributed by atoms with Crippen molar-refractivity contribution in [3.05, 3.63) is 24.3 Å². The smallest absolute Gasteiger partial charge is 0.407 e. The fourth-order valence-corrected chi connectivity index (χ4v) is 2.52. The molecule has 1 aliphatic heterocycles. The van der Waals surface area contributed by atoms with Crippen LogP contribution in [0, 0.1) is 0 Å². The maximum absolute atomic E-state index is 11.0. The molecule has 0 aromatic heterocycles. The quantitative estimate of drug-likeness (QED) is 0.820. The van der Waals surface area contributed by atoms with Crippen molar-refractivity contribution in [1.82, 2.24) is 4.90 Å². The molecule has 5 nitrogen and oxygen atoms in total. The Morgan fingerprint density at radius 1 is 1.33 bits per heavy atom. The fourth-order valence-electron chi connectivity index (χ4n) is 2.36. The maximum atomic E-state index is 11.0. The summed E-state index contributed by atoms with van der Waals surface area (Å²) in [7, 11) is 0. The molecule has 1 aromatic carbocycles. The minimum absolute atomic E-state index is 0.0563. The number of rotatable bonds is 5. The predicted molar refractivity (Wildman–Crippen MR) is 83.6 cm³/mol. The van der Waals surface area contributed by atoms with Gasteiger partial charge in [-0.05, 0) is 25.0 Å². The van der Waals surface area contributed by atoms with Crippen molar-refractivity contribution in [3.8, 4) is 11.5 Å². The van der Waals surface area contributed by atoms with E-state index in [1.165, 1.54) is 4.90 Å². The first-order valence-corrected chi connectivity index (χ1v) is 8.24. The van der Waals surface area contributed by atoms with E-state index in [1.54, 1.807) is 0 Å². The van der Waals surface area contributed by atoms with Crippen molar-refractivity contribution in [2.24, 2.45) is 0 Å². The van der Waals surface area contributed by atoms with Gasteiger partial charge in [0.2, 0.25) is 0 Å². The van der Waals surface area contributed by atoms with Gasteiger partial charge in [-0.3, -0.25) is 0 Å². The number of carboxylic acid groups (broad SMARTS) is 1. The number of hydrogen-bond acceptors (Lipinski definition) is 3. The van der Waals surface area contributed by atoms with E-state index in [0.29, 0.717) is 19.7 Å². The SMILES string of the molecule is O=C(O)N1CCCC(Oc2cccc(OCCBr)c2)CC1. The second-order valence-corrected chi connectivity index (χ2v) is 5.75. The summed E-state index contributed by atoms with van der Waals surface area (Å²) in [4.78, 5) is 12.4. The largest absolute Gasteiger partial charge is 0.493 e. The molecular weight excluding hydrogens is 338 g/mol. The van der Waals surface area contributed by atoms with Crippen LogP contribution in [0.1, 0.15) is 19.3 Å². The molecule has 0 bridgehead atoms. The first kappa shape index (κ1) is 15.9. The summed E-state index contributed by atoms with van der Waals surface area (Å²) >= 11 is 3.32. The lowest BCUT2D eigenvalue weighted by atomic mass is 10.1. The van der Waals surface area contributed by atoms with Gasteiger partial charge in [0.05, 0.1) is 6.61 Å². The van der Waals surface area contributed by atoms with Gasteiger partial charge in [0.25, 0.3) is 0 Å². The monoisotopic (exact) mass is 357 g/mol. The van der Waals surface area contributed by atoms with Crippen LogP contribution in [-0.4, -0.2) is 47.2 Å². The molecule has 0 spiro atoms. The van der Waals surface area contributed by atoms with Crippen LogP contribution < -0.4 is 9.47 Å². The van der Waals surface area contributed by atoms with Crippen LogP contribution in [0.25, 0.3) is 0 Å². The van der Waals surface area contributed by atoms with E-state index in [4.69, 9.17) is 14.6 Å². The summed E-state index contributed by atoms with van der Waals surface area (Å²) in [6, 6.07) is 7.58. The first-order valence-electron chi connectivity index (χ1n) is 7.12. The van der Waals surface area contributed by atoms with E-state index in [0.717, 1.165) is 36.1 Å². The highest BCUT2D eigenvalue weighted by molar-refractivity contribution is 9.09. The number of likely N-dealkylation sites (tertiary alicyclic amines) is 1. The Labute approximate surface area is 133 Å². The van der Waals surface area contributed by atoms with Crippen LogP contribution in [-0.2, 0) is 0 Å². The molecule has 21 heavy (non-hydrogen) atoms. The van der Waals surface area contributed by atoms with Gasteiger partial charge in [0, 0.05) is 30.9 Å². The Balaban J connectivity index is 1.90. The molecule has 1 atom stereocenters. The van der Waals surface area contributed by atoms with E-state index >= 15 is 0 Å². The van der Waals surface area contributed by atoms with Crippen molar-refractivity contribution >= 4 is 22.0 Å². The third-order valence-corrected chi connectivity index (χ3v) is 3.72. The van der Waals surface area contributed by atoms with Crippen LogP contribution in [0.5, 0.6) is 11.5 Å². The molecule has 1 saturated heterocycles. The number of halogens is 1. The van der Waals surface area contributed by atoms with Gasteiger partial charge in [0.1, 0.15) is 17.6 Å². The van der Waals surface area contributed by atoms with E-state index in [-0.39, 0.29) is 6.10 Å². The van der Waals surface area contributed by atoms with Crippen molar-refractivity contribution in [3.63, 3.8) is 0 Å². The lowest BCUT2D eigenvalue weighted by Gasteiger charge is -2.18. The molecule has 1 amide bonds. The Hall–Kier alpha value is -1.43. The van der Waals surface area contributed by atoms with Gasteiger partial charge in [-0.15, -0.1) is 0 Å². The van der Waals surface area contributed by atoms with Crippen LogP contribution in [0.2, 0.25) is 0 Å². The van der Waals surface area contributed by atoms with Crippen LogP contribution in [0.4, 0.5) is 4.79 Å². The van der Waals surface area contributed by atoms with E-state index in [1.807, 2.05) is 24.3 Å². The zero-order valence-corrected chi connectivity index (χ0v) is 13.4. The molecule has 0 radical (unpaired) electrons. The highest BCUT2D eigenvalue weighted by atomic mass is 79.9. The van der Waals surface area contributed by atoms with E-state index in [2.05, 4.69) is 15.9 Å². The highest BCUT2D eigenvalue weighted by Gasteiger charge is 2.21. The standard InChI is InChI=1S/C15H20BrNO4/c16-7-10-20-13-3-1-4-14(11-13)21-12-5-2-8-17(9-6-12)15(18)19/h1,3-4,11-12H,2,5-10H2,(H,18,19). The normalized spacial score (nSPS) is 18.9. The van der Waals surface area contributed by atoms with E-state index in [9.17, 15) is 4.79 Å². The fraction of sp³-hybridized carbons (Fsp3) is 0.533.